The normalized spacial score (nSPS) is 28.2. The Morgan fingerprint density at radius 3 is 3.12 bits per heavy atom. The molecule has 5 nitrogen and oxygen atoms in total. The quantitative estimate of drug-likeness (QED) is 0.798. The van der Waals surface area contributed by atoms with E-state index in [1.54, 1.807) is 0 Å². The topological polar surface area (TPSA) is 58.1 Å². The van der Waals surface area contributed by atoms with E-state index < -0.39 is 0 Å². The fourth-order valence-electron chi connectivity index (χ4n) is 2.78. The minimum absolute atomic E-state index is 0.105. The molecule has 17 heavy (non-hydrogen) atoms. The van der Waals surface area contributed by atoms with Crippen LogP contribution in [-0.2, 0) is 0 Å². The fraction of sp³-hybridized carbons (Fsp3) is 0.727. The number of piperidine rings is 1. The van der Waals surface area contributed by atoms with E-state index in [0.29, 0.717) is 16.8 Å². The van der Waals surface area contributed by atoms with E-state index in [1.165, 1.54) is 24.4 Å². The van der Waals surface area contributed by atoms with E-state index in [4.69, 9.17) is 0 Å². The number of carbonyl (C=O) groups excluding carboxylic acids is 1. The molecule has 1 aromatic heterocycles. The van der Waals surface area contributed by atoms with E-state index in [2.05, 4.69) is 14.9 Å². The van der Waals surface area contributed by atoms with Crippen molar-refractivity contribution in [2.24, 2.45) is 5.92 Å². The second kappa shape index (κ2) is 4.34. The Bertz CT molecular complexity index is 419. The number of fused-ring (bicyclic) bond motifs is 1. The van der Waals surface area contributed by atoms with Crippen molar-refractivity contribution in [1.29, 1.82) is 0 Å². The minimum atomic E-state index is 0.105. The third kappa shape index (κ3) is 1.95. The molecule has 1 N–H and O–H groups in total. The number of nitrogens with zero attached hydrogens (tertiary/aromatic N) is 3. The summed E-state index contributed by atoms with van der Waals surface area (Å²) in [5.41, 5.74) is 0.753. The highest BCUT2D eigenvalue weighted by molar-refractivity contribution is 7.07. The first-order chi connectivity index (χ1) is 8.25. The maximum Gasteiger partial charge on any atom is 0.267 e. The monoisotopic (exact) mass is 252 g/mol. The Kier molecular flexibility index (Phi) is 2.84. The van der Waals surface area contributed by atoms with Gasteiger partial charge in [-0.2, -0.15) is 0 Å². The van der Waals surface area contributed by atoms with E-state index >= 15 is 0 Å². The predicted octanol–water partition coefficient (Wildman–Crippen LogP) is 0.671. The maximum atomic E-state index is 12.3. The van der Waals surface area contributed by atoms with Crippen LogP contribution in [0.3, 0.4) is 0 Å². The summed E-state index contributed by atoms with van der Waals surface area (Å²) in [6.07, 6.45) is 2.46. The molecule has 92 valence electrons. The molecule has 2 atom stereocenters. The Morgan fingerprint density at radius 1 is 1.53 bits per heavy atom. The molecule has 2 aliphatic rings. The van der Waals surface area contributed by atoms with Gasteiger partial charge in [0.1, 0.15) is 4.88 Å². The summed E-state index contributed by atoms with van der Waals surface area (Å²) in [5, 5.41) is 7.41. The number of aromatic nitrogens is 2. The lowest BCUT2D eigenvalue weighted by atomic mass is 9.94. The molecule has 2 saturated heterocycles. The lowest BCUT2D eigenvalue weighted by Crippen LogP contribution is -2.41. The van der Waals surface area contributed by atoms with Gasteiger partial charge >= 0.3 is 0 Å². The highest BCUT2D eigenvalue weighted by atomic mass is 32.1. The van der Waals surface area contributed by atoms with Crippen LogP contribution in [0.1, 0.15) is 28.2 Å². The average molecular weight is 252 g/mol. The van der Waals surface area contributed by atoms with Crippen molar-refractivity contribution in [3.8, 4) is 0 Å². The molecule has 0 aliphatic carbocycles. The molecule has 3 rings (SSSR count). The Balaban J connectivity index is 1.74. The van der Waals surface area contributed by atoms with Crippen molar-refractivity contribution >= 4 is 17.4 Å². The number of hydrogen-bond acceptors (Lipinski definition) is 5. The van der Waals surface area contributed by atoms with Gasteiger partial charge in [-0.3, -0.25) is 4.79 Å². The van der Waals surface area contributed by atoms with Gasteiger partial charge < -0.3 is 10.2 Å². The molecule has 2 aliphatic heterocycles. The largest absolute Gasteiger partial charge is 0.336 e. The fourth-order valence-corrected chi connectivity index (χ4v) is 3.41. The summed E-state index contributed by atoms with van der Waals surface area (Å²) in [5.74, 6) is 0.739. The number of rotatable bonds is 1. The zero-order chi connectivity index (χ0) is 11.8. The van der Waals surface area contributed by atoms with Crippen LogP contribution >= 0.6 is 11.5 Å². The van der Waals surface area contributed by atoms with Gasteiger partial charge in [0.05, 0.1) is 5.69 Å². The SMILES string of the molecule is Cc1nnsc1C(=O)N1CC2CCCNC2C1. The van der Waals surface area contributed by atoms with Crippen LogP contribution in [0.5, 0.6) is 0 Å². The standard InChI is InChI=1S/C11H16N4OS/c1-7-10(17-14-13-7)11(16)15-5-8-3-2-4-12-9(8)6-15/h8-9,12H,2-6H2,1H3. The summed E-state index contributed by atoms with van der Waals surface area (Å²) in [6, 6.07) is 0.494. The molecule has 2 fully saturated rings. The summed E-state index contributed by atoms with van der Waals surface area (Å²) in [7, 11) is 0. The highest BCUT2D eigenvalue weighted by Gasteiger charge is 2.37. The Morgan fingerprint density at radius 2 is 2.41 bits per heavy atom. The van der Waals surface area contributed by atoms with Crippen LogP contribution in [0.15, 0.2) is 0 Å². The molecule has 0 saturated carbocycles. The number of aryl methyl sites for hydroxylation is 1. The average Bonchev–Trinajstić information content (AvgIpc) is 2.93. The van der Waals surface area contributed by atoms with Crippen molar-refractivity contribution in [2.75, 3.05) is 19.6 Å². The van der Waals surface area contributed by atoms with E-state index in [9.17, 15) is 4.79 Å². The highest BCUT2D eigenvalue weighted by Crippen LogP contribution is 2.26. The molecule has 1 aromatic rings. The molecule has 0 radical (unpaired) electrons. The van der Waals surface area contributed by atoms with Crippen LogP contribution in [0.4, 0.5) is 0 Å². The molecule has 0 aromatic carbocycles. The molecule has 0 bridgehead atoms. The summed E-state index contributed by atoms with van der Waals surface area (Å²) >= 11 is 1.21. The van der Waals surface area contributed by atoms with Crippen LogP contribution < -0.4 is 5.32 Å². The van der Waals surface area contributed by atoms with E-state index in [1.807, 2.05) is 11.8 Å². The van der Waals surface area contributed by atoms with Crippen molar-refractivity contribution in [3.05, 3.63) is 10.6 Å². The first-order valence-corrected chi connectivity index (χ1v) is 6.84. The second-order valence-corrected chi connectivity index (χ2v) is 5.61. The molecule has 2 unspecified atom stereocenters. The molecule has 1 amide bonds. The molecule has 6 heteroatoms. The molecular formula is C11H16N4OS. The van der Waals surface area contributed by atoms with Gasteiger partial charge in [0.25, 0.3) is 5.91 Å². The summed E-state index contributed by atoms with van der Waals surface area (Å²) < 4.78 is 3.83. The van der Waals surface area contributed by atoms with Crippen molar-refractivity contribution in [3.63, 3.8) is 0 Å². The van der Waals surface area contributed by atoms with Gasteiger partial charge in [0, 0.05) is 19.1 Å². The van der Waals surface area contributed by atoms with Gasteiger partial charge in [-0.25, -0.2) is 0 Å². The van der Waals surface area contributed by atoms with Crippen molar-refractivity contribution in [2.45, 2.75) is 25.8 Å². The van der Waals surface area contributed by atoms with Crippen LogP contribution in [-0.4, -0.2) is 46.1 Å². The van der Waals surface area contributed by atoms with Crippen LogP contribution in [0.25, 0.3) is 0 Å². The smallest absolute Gasteiger partial charge is 0.267 e. The third-order valence-corrected chi connectivity index (χ3v) is 4.55. The zero-order valence-corrected chi connectivity index (χ0v) is 10.7. The molecule has 0 spiro atoms. The van der Waals surface area contributed by atoms with Gasteiger partial charge in [0.15, 0.2) is 0 Å². The Hall–Kier alpha value is -1.01. The number of nitrogens with one attached hydrogen (secondary N) is 1. The van der Waals surface area contributed by atoms with Gasteiger partial charge in [-0.15, -0.1) is 5.10 Å². The van der Waals surface area contributed by atoms with E-state index in [0.717, 1.165) is 25.3 Å². The van der Waals surface area contributed by atoms with Gasteiger partial charge in [-0.05, 0) is 43.8 Å². The molecule has 3 heterocycles. The van der Waals surface area contributed by atoms with Gasteiger partial charge in [-0.1, -0.05) is 4.49 Å². The van der Waals surface area contributed by atoms with E-state index in [-0.39, 0.29) is 5.91 Å². The summed E-state index contributed by atoms with van der Waals surface area (Å²) in [4.78, 5) is 15.0. The first-order valence-electron chi connectivity index (χ1n) is 6.07. The van der Waals surface area contributed by atoms with Gasteiger partial charge in [0.2, 0.25) is 0 Å². The number of hydrogen-bond donors (Lipinski definition) is 1. The third-order valence-electron chi connectivity index (χ3n) is 3.73. The lowest BCUT2D eigenvalue weighted by molar-refractivity contribution is 0.0789. The zero-order valence-electron chi connectivity index (χ0n) is 9.85. The van der Waals surface area contributed by atoms with Crippen LogP contribution in [0.2, 0.25) is 0 Å². The van der Waals surface area contributed by atoms with Crippen molar-refractivity contribution < 1.29 is 4.79 Å². The predicted molar refractivity (Wildman–Crippen MR) is 65.1 cm³/mol. The maximum absolute atomic E-state index is 12.3. The molecular weight excluding hydrogens is 236 g/mol. The number of amides is 1. The lowest BCUT2D eigenvalue weighted by Gasteiger charge is -2.24. The Labute approximate surface area is 104 Å². The van der Waals surface area contributed by atoms with Crippen LogP contribution in [0, 0.1) is 12.8 Å². The minimum Gasteiger partial charge on any atom is -0.336 e. The first kappa shape index (κ1) is 11.1. The summed E-state index contributed by atoms with van der Waals surface area (Å²) in [6.45, 7) is 4.65. The van der Waals surface area contributed by atoms with Crippen molar-refractivity contribution in [1.82, 2.24) is 19.8 Å². The number of likely N-dealkylation sites (tertiary alicyclic amines) is 1. The second-order valence-electron chi connectivity index (χ2n) is 4.86. The number of carbonyl (C=O) groups is 1.